The average Bonchev–Trinajstić information content (AvgIpc) is 2.25. The highest BCUT2D eigenvalue weighted by molar-refractivity contribution is 5.82. The quantitative estimate of drug-likeness (QED) is 0.538. The molecule has 2 amide bonds. The molecule has 0 atom stereocenters. The second-order valence-electron chi connectivity index (χ2n) is 3.64. The third kappa shape index (κ3) is 11.0. The first-order valence-electron chi connectivity index (χ1n) is 5.79. The van der Waals surface area contributed by atoms with Crippen LogP contribution in [-0.4, -0.2) is 31.6 Å². The SMILES string of the molecule is CCCCOCCCNC(=O)CCC(N)=O. The van der Waals surface area contributed by atoms with Gasteiger partial charge in [0.2, 0.25) is 11.8 Å². The molecular weight excluding hydrogens is 208 g/mol. The van der Waals surface area contributed by atoms with Gasteiger partial charge in [0.05, 0.1) is 0 Å². The molecule has 0 unspecified atom stereocenters. The molecule has 0 aliphatic rings. The van der Waals surface area contributed by atoms with Crippen molar-refractivity contribution in [1.82, 2.24) is 5.32 Å². The number of hydrogen-bond acceptors (Lipinski definition) is 3. The van der Waals surface area contributed by atoms with Crippen LogP contribution in [0.3, 0.4) is 0 Å². The maximum atomic E-state index is 11.1. The van der Waals surface area contributed by atoms with Crippen LogP contribution in [0.2, 0.25) is 0 Å². The largest absolute Gasteiger partial charge is 0.381 e. The summed E-state index contributed by atoms with van der Waals surface area (Å²) in [5, 5.41) is 2.70. The van der Waals surface area contributed by atoms with Crippen molar-refractivity contribution in [3.63, 3.8) is 0 Å². The molecule has 0 spiro atoms. The van der Waals surface area contributed by atoms with Crippen molar-refractivity contribution in [2.24, 2.45) is 5.73 Å². The lowest BCUT2D eigenvalue weighted by Gasteiger charge is -2.05. The van der Waals surface area contributed by atoms with Gasteiger partial charge in [-0.15, -0.1) is 0 Å². The van der Waals surface area contributed by atoms with Crippen molar-refractivity contribution in [1.29, 1.82) is 0 Å². The molecule has 5 heteroatoms. The number of carbonyl (C=O) groups is 2. The summed E-state index contributed by atoms with van der Waals surface area (Å²) in [5.41, 5.74) is 4.92. The standard InChI is InChI=1S/C11H22N2O3/c1-2-3-8-16-9-4-7-13-11(15)6-5-10(12)14/h2-9H2,1H3,(H2,12,14)(H,13,15). The van der Waals surface area contributed by atoms with Crippen LogP contribution in [0, 0.1) is 0 Å². The van der Waals surface area contributed by atoms with Crippen LogP contribution in [0.5, 0.6) is 0 Å². The molecule has 0 aliphatic carbocycles. The Hall–Kier alpha value is -1.10. The van der Waals surface area contributed by atoms with E-state index in [-0.39, 0.29) is 18.7 Å². The fourth-order valence-corrected chi connectivity index (χ4v) is 1.08. The topological polar surface area (TPSA) is 81.4 Å². The minimum absolute atomic E-state index is 0.110. The lowest BCUT2D eigenvalue weighted by Crippen LogP contribution is -2.26. The molecule has 0 bridgehead atoms. The zero-order valence-electron chi connectivity index (χ0n) is 9.96. The van der Waals surface area contributed by atoms with E-state index in [4.69, 9.17) is 10.5 Å². The van der Waals surface area contributed by atoms with Crippen LogP contribution in [0.1, 0.15) is 39.0 Å². The number of nitrogens with one attached hydrogen (secondary N) is 1. The summed E-state index contributed by atoms with van der Waals surface area (Å²) in [6.45, 7) is 4.15. The second kappa shape index (κ2) is 10.4. The van der Waals surface area contributed by atoms with Gasteiger partial charge >= 0.3 is 0 Å². The van der Waals surface area contributed by atoms with Gasteiger partial charge in [0, 0.05) is 32.6 Å². The Kier molecular flexibility index (Phi) is 9.70. The Balaban J connectivity index is 3.18. The molecule has 0 aromatic carbocycles. The molecule has 5 nitrogen and oxygen atoms in total. The van der Waals surface area contributed by atoms with Crippen molar-refractivity contribution in [3.8, 4) is 0 Å². The predicted molar refractivity (Wildman–Crippen MR) is 61.8 cm³/mol. The number of hydrogen-bond donors (Lipinski definition) is 2. The fourth-order valence-electron chi connectivity index (χ4n) is 1.08. The van der Waals surface area contributed by atoms with Crippen LogP contribution in [-0.2, 0) is 14.3 Å². The molecule has 0 saturated carbocycles. The lowest BCUT2D eigenvalue weighted by molar-refractivity contribution is -0.125. The van der Waals surface area contributed by atoms with Crippen LogP contribution >= 0.6 is 0 Å². The number of unbranched alkanes of at least 4 members (excludes halogenated alkanes) is 1. The molecule has 3 N–H and O–H groups in total. The monoisotopic (exact) mass is 230 g/mol. The molecule has 16 heavy (non-hydrogen) atoms. The maximum Gasteiger partial charge on any atom is 0.220 e. The van der Waals surface area contributed by atoms with E-state index in [1.54, 1.807) is 0 Å². The Morgan fingerprint density at radius 3 is 2.50 bits per heavy atom. The van der Waals surface area contributed by atoms with Gasteiger partial charge in [0.1, 0.15) is 0 Å². The molecule has 0 rings (SSSR count). The Labute approximate surface area is 96.7 Å². The van der Waals surface area contributed by atoms with Crippen molar-refractivity contribution < 1.29 is 14.3 Å². The molecule has 94 valence electrons. The Morgan fingerprint density at radius 2 is 1.88 bits per heavy atom. The number of amides is 2. The number of ether oxygens (including phenoxy) is 1. The first kappa shape index (κ1) is 14.9. The summed E-state index contributed by atoms with van der Waals surface area (Å²) in [5.74, 6) is -0.578. The maximum absolute atomic E-state index is 11.1. The zero-order chi connectivity index (χ0) is 12.2. The average molecular weight is 230 g/mol. The molecule has 0 radical (unpaired) electrons. The Bertz CT molecular complexity index is 207. The van der Waals surface area contributed by atoms with Crippen molar-refractivity contribution >= 4 is 11.8 Å². The Morgan fingerprint density at radius 1 is 1.19 bits per heavy atom. The van der Waals surface area contributed by atoms with E-state index >= 15 is 0 Å². The van der Waals surface area contributed by atoms with Gasteiger partial charge in [0.25, 0.3) is 0 Å². The van der Waals surface area contributed by atoms with Crippen molar-refractivity contribution in [3.05, 3.63) is 0 Å². The van der Waals surface area contributed by atoms with Crippen molar-refractivity contribution in [2.75, 3.05) is 19.8 Å². The van der Waals surface area contributed by atoms with Gasteiger partial charge in [-0.1, -0.05) is 13.3 Å². The normalized spacial score (nSPS) is 10.1. The lowest BCUT2D eigenvalue weighted by atomic mass is 10.3. The molecule has 0 aromatic heterocycles. The molecule has 0 fully saturated rings. The van der Waals surface area contributed by atoms with E-state index in [2.05, 4.69) is 12.2 Å². The fraction of sp³-hybridized carbons (Fsp3) is 0.818. The summed E-state index contributed by atoms with van der Waals surface area (Å²) < 4.78 is 5.33. The van der Waals surface area contributed by atoms with Gasteiger partial charge in [-0.2, -0.15) is 0 Å². The van der Waals surface area contributed by atoms with E-state index in [1.165, 1.54) is 0 Å². The highest BCUT2D eigenvalue weighted by atomic mass is 16.5. The van der Waals surface area contributed by atoms with Crippen LogP contribution in [0.25, 0.3) is 0 Å². The smallest absolute Gasteiger partial charge is 0.220 e. The van der Waals surface area contributed by atoms with E-state index in [9.17, 15) is 9.59 Å². The summed E-state index contributed by atoms with van der Waals surface area (Å²) in [6.07, 6.45) is 3.28. The molecular formula is C11H22N2O3. The number of rotatable bonds is 10. The highest BCUT2D eigenvalue weighted by Gasteiger charge is 2.02. The van der Waals surface area contributed by atoms with Gasteiger partial charge in [-0.25, -0.2) is 0 Å². The highest BCUT2D eigenvalue weighted by Crippen LogP contribution is 1.90. The zero-order valence-corrected chi connectivity index (χ0v) is 9.96. The van der Waals surface area contributed by atoms with Gasteiger partial charge < -0.3 is 15.8 Å². The number of primary amides is 1. The van der Waals surface area contributed by atoms with Crippen LogP contribution in [0.4, 0.5) is 0 Å². The second-order valence-corrected chi connectivity index (χ2v) is 3.64. The van der Waals surface area contributed by atoms with E-state index in [0.29, 0.717) is 13.2 Å². The number of carbonyl (C=O) groups excluding carboxylic acids is 2. The minimum Gasteiger partial charge on any atom is -0.381 e. The molecule has 0 aliphatic heterocycles. The first-order chi connectivity index (χ1) is 7.66. The van der Waals surface area contributed by atoms with Crippen LogP contribution < -0.4 is 11.1 Å². The van der Waals surface area contributed by atoms with Gasteiger partial charge in [0.15, 0.2) is 0 Å². The van der Waals surface area contributed by atoms with Gasteiger partial charge in [-0.3, -0.25) is 9.59 Å². The van der Waals surface area contributed by atoms with E-state index in [0.717, 1.165) is 25.9 Å². The third-order valence-corrected chi connectivity index (χ3v) is 2.03. The molecule has 0 heterocycles. The summed E-state index contributed by atoms with van der Waals surface area (Å²) >= 11 is 0. The number of nitrogens with two attached hydrogens (primary N) is 1. The van der Waals surface area contributed by atoms with E-state index in [1.807, 2.05) is 0 Å². The van der Waals surface area contributed by atoms with E-state index < -0.39 is 5.91 Å². The summed E-state index contributed by atoms with van der Waals surface area (Å²) in [7, 11) is 0. The minimum atomic E-state index is -0.446. The first-order valence-corrected chi connectivity index (χ1v) is 5.79. The summed E-state index contributed by atoms with van der Waals surface area (Å²) in [4.78, 5) is 21.5. The predicted octanol–water partition coefficient (Wildman–Crippen LogP) is 0.575. The molecule has 0 saturated heterocycles. The van der Waals surface area contributed by atoms with Crippen LogP contribution in [0.15, 0.2) is 0 Å². The van der Waals surface area contributed by atoms with Gasteiger partial charge in [-0.05, 0) is 12.8 Å². The third-order valence-electron chi connectivity index (χ3n) is 2.03. The van der Waals surface area contributed by atoms with Crippen molar-refractivity contribution in [2.45, 2.75) is 39.0 Å². The molecule has 0 aromatic rings. The summed E-state index contributed by atoms with van der Waals surface area (Å²) in [6, 6.07) is 0.